The topological polar surface area (TPSA) is 92.5 Å². The molecule has 0 aromatic rings. The molecule has 1 aliphatic carbocycles. The van der Waals surface area contributed by atoms with Gasteiger partial charge in [-0.2, -0.15) is 0 Å². The molecule has 1 aliphatic rings. The molecule has 0 aromatic carbocycles. The van der Waals surface area contributed by atoms with Crippen molar-refractivity contribution in [3.05, 3.63) is 37.5 Å². The van der Waals surface area contributed by atoms with Crippen molar-refractivity contribution >= 4 is 30.1 Å². The van der Waals surface area contributed by atoms with E-state index in [0.717, 1.165) is 68.6 Å². The van der Waals surface area contributed by atoms with E-state index in [-0.39, 0.29) is 28.8 Å². The van der Waals surface area contributed by atoms with Crippen LogP contribution in [0.1, 0.15) is 162 Å². The predicted molar refractivity (Wildman–Crippen MR) is 234 cm³/mol. The number of unbranched alkanes of at least 4 members (excludes halogenated alkanes) is 1. The fraction of sp³-hybridized carbons (Fsp3) is 0.795. The Kier molecular flexibility index (Phi) is 55.9. The minimum absolute atomic E-state index is 0.00160. The monoisotopic (exact) mass is 746 g/mol. The van der Waals surface area contributed by atoms with E-state index in [2.05, 4.69) is 118 Å². The van der Waals surface area contributed by atoms with E-state index in [9.17, 15) is 14.4 Å². The first-order valence-electron chi connectivity index (χ1n) is 19.5. The van der Waals surface area contributed by atoms with Crippen LogP contribution < -0.4 is 11.1 Å². The number of nitrogens with two attached hydrogens (primary N) is 1. The highest BCUT2D eigenvalue weighted by atomic mass is 35.5. The van der Waals surface area contributed by atoms with Crippen LogP contribution in [0.5, 0.6) is 0 Å². The van der Waals surface area contributed by atoms with Crippen LogP contribution in [0.3, 0.4) is 0 Å². The number of hydrogen-bond acceptors (Lipinski definition) is 5. The highest BCUT2D eigenvalue weighted by Crippen LogP contribution is 2.34. The number of carbonyl (C=O) groups is 3. The molecule has 1 fully saturated rings. The third-order valence-corrected chi connectivity index (χ3v) is 6.69. The first-order valence-corrected chi connectivity index (χ1v) is 20.2. The van der Waals surface area contributed by atoms with Crippen molar-refractivity contribution in [3.8, 4) is 0 Å². The fourth-order valence-corrected chi connectivity index (χ4v) is 4.65. The molecular formula is C44H92ClN3O3. The maximum atomic E-state index is 11.2. The van der Waals surface area contributed by atoms with Crippen LogP contribution in [0.4, 0.5) is 0 Å². The first kappa shape index (κ1) is 64.2. The number of allylic oxidation sites excluding steroid dienone is 2. The van der Waals surface area contributed by atoms with Crippen molar-refractivity contribution in [2.45, 2.75) is 174 Å². The van der Waals surface area contributed by atoms with Gasteiger partial charge in [-0.25, -0.2) is 0 Å². The van der Waals surface area contributed by atoms with Gasteiger partial charge in [-0.15, -0.1) is 31.3 Å². The number of likely N-dealkylation sites (N-methyl/N-ethyl adjacent to an activating group) is 2. The Morgan fingerprint density at radius 3 is 1.61 bits per heavy atom. The lowest BCUT2D eigenvalue weighted by molar-refractivity contribution is -0.116. The Morgan fingerprint density at radius 1 is 0.941 bits per heavy atom. The predicted octanol–water partition coefficient (Wildman–Crippen LogP) is 12.1. The van der Waals surface area contributed by atoms with Crippen LogP contribution in [-0.2, 0) is 14.4 Å². The Balaban J connectivity index is -0.0000000982. The Hall–Kier alpha value is -1.76. The van der Waals surface area contributed by atoms with E-state index < -0.39 is 0 Å². The average molecular weight is 747 g/mol. The van der Waals surface area contributed by atoms with Crippen LogP contribution in [0.2, 0.25) is 0 Å². The molecule has 0 aromatic heterocycles. The second-order valence-electron chi connectivity index (χ2n) is 15.3. The summed E-state index contributed by atoms with van der Waals surface area (Å²) in [5, 5.41) is 3.17. The molecule has 308 valence electrons. The van der Waals surface area contributed by atoms with Crippen molar-refractivity contribution in [3.63, 3.8) is 0 Å². The van der Waals surface area contributed by atoms with E-state index in [4.69, 9.17) is 5.73 Å². The summed E-state index contributed by atoms with van der Waals surface area (Å²) in [4.78, 5) is 34.8. The highest BCUT2D eigenvalue weighted by molar-refractivity contribution is 6.15. The molecule has 0 saturated heterocycles. The zero-order valence-electron chi connectivity index (χ0n) is 37.5. The molecule has 0 spiro atoms. The van der Waals surface area contributed by atoms with Gasteiger partial charge in [-0.3, -0.25) is 9.69 Å². The van der Waals surface area contributed by atoms with Gasteiger partial charge in [0.25, 0.3) is 0 Å². The number of carbonyl (C=O) groups excluding carboxylic acids is 3. The third kappa shape index (κ3) is 52.7. The van der Waals surface area contributed by atoms with E-state index in [1.54, 1.807) is 6.08 Å². The summed E-state index contributed by atoms with van der Waals surface area (Å²) in [5.41, 5.74) is 6.35. The standard InChI is InChI=1S/C12H25NO.C11H20N2O.C9H18O.C4H10.C3H6.C2H6.C2H4.CH3Cl/c1-11(2,3)9-13(7)10(8-14)12(4,5)6;1-3-4-9(11(12)14)10(13-2)7-8-5-6-8;1-3-5-7-9(8-10)6-4-2;1-4(2)3;1-3-2;3*1-2/h8,10H,9H2,1-7H3;4,8,10,13H,3,5-7H2,1-2H3,(H2,12,14);8-9H,3-7H2,1-2H3;4H,1-3H3;3H,1H2,2H3;1-2H3;1-2H2;1H3. The van der Waals surface area contributed by atoms with Crippen LogP contribution in [0.25, 0.3) is 0 Å². The molecule has 6 nitrogen and oxygen atoms in total. The molecule has 0 heterocycles. The van der Waals surface area contributed by atoms with Gasteiger partial charge in [0, 0.05) is 30.5 Å². The van der Waals surface area contributed by atoms with Gasteiger partial charge in [-0.05, 0) is 69.4 Å². The third-order valence-electron chi connectivity index (χ3n) is 6.69. The number of nitrogens with zero attached hydrogens (tertiary/aromatic N) is 1. The smallest absolute Gasteiger partial charge is 0.245 e. The molecule has 1 amide bonds. The lowest BCUT2D eigenvalue weighted by Gasteiger charge is -2.37. The van der Waals surface area contributed by atoms with Crippen LogP contribution in [-0.4, -0.2) is 62.5 Å². The second-order valence-corrected chi connectivity index (χ2v) is 15.3. The number of alkyl halides is 1. The van der Waals surface area contributed by atoms with Crippen molar-refractivity contribution < 1.29 is 14.4 Å². The van der Waals surface area contributed by atoms with Gasteiger partial charge in [-0.1, -0.05) is 141 Å². The molecular weight excluding hydrogens is 654 g/mol. The van der Waals surface area contributed by atoms with Gasteiger partial charge in [0.1, 0.15) is 12.6 Å². The zero-order valence-corrected chi connectivity index (χ0v) is 38.3. The van der Waals surface area contributed by atoms with Gasteiger partial charge in [0.15, 0.2) is 0 Å². The molecule has 0 radical (unpaired) electrons. The highest BCUT2D eigenvalue weighted by Gasteiger charge is 2.30. The summed E-state index contributed by atoms with van der Waals surface area (Å²) < 4.78 is 0. The fourth-order valence-electron chi connectivity index (χ4n) is 4.65. The quantitative estimate of drug-likeness (QED) is 0.0753. The lowest BCUT2D eigenvalue weighted by Crippen LogP contribution is -2.46. The van der Waals surface area contributed by atoms with Crippen molar-refractivity contribution in [2.24, 2.45) is 34.3 Å². The molecule has 0 aliphatic heterocycles. The Bertz CT molecular complexity index is 779. The molecule has 7 heteroatoms. The summed E-state index contributed by atoms with van der Waals surface area (Å²) in [6, 6.07) is 0.154. The molecule has 1 saturated carbocycles. The Morgan fingerprint density at radius 2 is 1.37 bits per heavy atom. The number of aldehydes is 2. The lowest BCUT2D eigenvalue weighted by atomic mass is 9.85. The maximum Gasteiger partial charge on any atom is 0.245 e. The molecule has 1 rings (SSSR count). The second kappa shape index (κ2) is 44.4. The van der Waals surface area contributed by atoms with Gasteiger partial charge in [0.05, 0.1) is 6.04 Å². The minimum atomic E-state index is -0.285. The van der Waals surface area contributed by atoms with Crippen LogP contribution >= 0.6 is 11.6 Å². The number of amides is 1. The van der Waals surface area contributed by atoms with Crippen molar-refractivity contribution in [1.82, 2.24) is 10.2 Å². The molecule has 51 heavy (non-hydrogen) atoms. The number of halogens is 1. The minimum Gasteiger partial charge on any atom is -0.366 e. The summed E-state index contributed by atoms with van der Waals surface area (Å²) in [6.45, 7) is 41.9. The Labute approximate surface area is 326 Å². The summed E-state index contributed by atoms with van der Waals surface area (Å²) in [7, 11) is 3.91. The number of rotatable bonds is 15. The molecule has 3 N–H and O–H groups in total. The molecule has 3 atom stereocenters. The summed E-state index contributed by atoms with van der Waals surface area (Å²) >= 11 is 4.64. The van der Waals surface area contributed by atoms with E-state index in [1.165, 1.54) is 32.1 Å². The van der Waals surface area contributed by atoms with Crippen LogP contribution in [0.15, 0.2) is 37.5 Å². The largest absolute Gasteiger partial charge is 0.366 e. The zero-order chi connectivity index (χ0) is 42.2. The normalized spacial score (nSPS) is 13.5. The first-order chi connectivity index (χ1) is 23.8. The maximum absolute atomic E-state index is 11.2. The molecule has 3 unspecified atom stereocenters. The van der Waals surface area contributed by atoms with Crippen LogP contribution in [0, 0.1) is 28.6 Å². The van der Waals surface area contributed by atoms with Crippen molar-refractivity contribution in [1.29, 1.82) is 0 Å². The van der Waals surface area contributed by atoms with E-state index in [0.29, 0.717) is 5.92 Å². The number of primary amides is 1. The SMILES string of the molecule is C=C.C=CC.CC.CC(C)C.CCC=C(C(N)=O)C(CC1CC1)NC.CCCCC(C=O)CCC.CCl.CN(CC(C)(C)C)C(C=O)C(C)(C)C. The van der Waals surface area contributed by atoms with Gasteiger partial charge >= 0.3 is 0 Å². The van der Waals surface area contributed by atoms with E-state index in [1.807, 2.05) is 47.9 Å². The molecule has 0 bridgehead atoms. The summed E-state index contributed by atoms with van der Waals surface area (Å²) in [6.07, 6.45) is 17.5. The number of hydrogen-bond donors (Lipinski definition) is 2. The number of nitrogens with one attached hydrogen (secondary N) is 1. The average Bonchev–Trinajstić information content (AvgIpc) is 3.87. The van der Waals surface area contributed by atoms with E-state index >= 15 is 0 Å². The van der Waals surface area contributed by atoms with Crippen molar-refractivity contribution in [2.75, 3.05) is 27.0 Å². The summed E-state index contributed by atoms with van der Waals surface area (Å²) in [5.74, 6) is 1.68. The van der Waals surface area contributed by atoms with Gasteiger partial charge in [0.2, 0.25) is 5.91 Å². The van der Waals surface area contributed by atoms with Gasteiger partial charge < -0.3 is 20.6 Å².